The van der Waals surface area contributed by atoms with Crippen molar-refractivity contribution >= 4 is 11.8 Å². The number of benzene rings is 1. The Labute approximate surface area is 169 Å². The highest BCUT2D eigenvalue weighted by molar-refractivity contribution is 5.81. The van der Waals surface area contributed by atoms with Crippen molar-refractivity contribution in [2.75, 3.05) is 27.2 Å². The van der Waals surface area contributed by atoms with Crippen LogP contribution in [0.15, 0.2) is 30.3 Å². The third-order valence-corrected chi connectivity index (χ3v) is 7.38. The molecule has 2 N–H and O–H groups in total. The lowest BCUT2D eigenvalue weighted by molar-refractivity contribution is -0.130. The molecule has 1 aliphatic heterocycles. The first kappa shape index (κ1) is 20.8. The molecule has 0 aromatic heterocycles. The van der Waals surface area contributed by atoms with Crippen molar-refractivity contribution in [3.8, 4) is 0 Å². The van der Waals surface area contributed by atoms with E-state index in [1.165, 1.54) is 5.56 Å². The fraction of sp³-hybridized carbons (Fsp3) is 0.652. The van der Waals surface area contributed by atoms with Crippen molar-refractivity contribution in [1.82, 2.24) is 9.80 Å². The number of primary amides is 1. The van der Waals surface area contributed by atoms with Gasteiger partial charge in [-0.15, -0.1) is 0 Å². The Morgan fingerprint density at radius 2 is 1.75 bits per heavy atom. The van der Waals surface area contributed by atoms with Gasteiger partial charge in [-0.1, -0.05) is 44.2 Å². The minimum atomic E-state index is -0.573. The van der Waals surface area contributed by atoms with Gasteiger partial charge >= 0.3 is 0 Å². The summed E-state index contributed by atoms with van der Waals surface area (Å²) >= 11 is 0. The van der Waals surface area contributed by atoms with E-state index in [9.17, 15) is 9.59 Å². The maximum Gasteiger partial charge on any atom is 0.223 e. The number of nitrogens with zero attached hydrogens (tertiary/aromatic N) is 2. The van der Waals surface area contributed by atoms with Crippen LogP contribution in [0, 0.1) is 10.8 Å². The molecule has 1 saturated carbocycles. The topological polar surface area (TPSA) is 66.6 Å². The van der Waals surface area contributed by atoms with Gasteiger partial charge in [-0.3, -0.25) is 14.5 Å². The number of rotatable bonds is 6. The van der Waals surface area contributed by atoms with E-state index >= 15 is 0 Å². The van der Waals surface area contributed by atoms with E-state index in [2.05, 4.69) is 49.3 Å². The van der Waals surface area contributed by atoms with E-state index in [4.69, 9.17) is 5.73 Å². The van der Waals surface area contributed by atoms with Gasteiger partial charge in [-0.2, -0.15) is 0 Å². The first-order valence-corrected chi connectivity index (χ1v) is 10.4. The van der Waals surface area contributed by atoms with E-state index in [1.807, 2.05) is 18.7 Å². The van der Waals surface area contributed by atoms with Crippen molar-refractivity contribution in [1.29, 1.82) is 0 Å². The van der Waals surface area contributed by atoms with E-state index in [-0.39, 0.29) is 22.8 Å². The SMILES string of the molecule is CN(C)[C@]1(c2ccccc2)CC[C@@]2(CC1)CC(=O)N(CCC(C)(C)C(N)=O)C2. The first-order valence-electron chi connectivity index (χ1n) is 10.4. The van der Waals surface area contributed by atoms with Crippen LogP contribution in [0.3, 0.4) is 0 Å². The molecular formula is C23H35N3O2. The van der Waals surface area contributed by atoms with Crippen molar-refractivity contribution < 1.29 is 9.59 Å². The monoisotopic (exact) mass is 385 g/mol. The Balaban J connectivity index is 1.68. The third kappa shape index (κ3) is 3.82. The number of hydrogen-bond donors (Lipinski definition) is 1. The van der Waals surface area contributed by atoms with Crippen molar-refractivity contribution in [2.45, 2.75) is 57.9 Å². The van der Waals surface area contributed by atoms with Crippen LogP contribution in [0.2, 0.25) is 0 Å². The van der Waals surface area contributed by atoms with Crippen molar-refractivity contribution in [3.63, 3.8) is 0 Å². The average molecular weight is 386 g/mol. The van der Waals surface area contributed by atoms with Gasteiger partial charge in [-0.05, 0) is 57.2 Å². The van der Waals surface area contributed by atoms with E-state index in [1.54, 1.807) is 0 Å². The quantitative estimate of drug-likeness (QED) is 0.818. The fourth-order valence-electron chi connectivity index (χ4n) is 4.99. The summed E-state index contributed by atoms with van der Waals surface area (Å²) in [6, 6.07) is 10.8. The Kier molecular flexibility index (Phi) is 5.59. The van der Waals surface area contributed by atoms with Crippen molar-refractivity contribution in [2.24, 2.45) is 16.6 Å². The highest BCUT2D eigenvalue weighted by atomic mass is 16.2. The number of carbonyl (C=O) groups excluding carboxylic acids is 2. The summed E-state index contributed by atoms with van der Waals surface area (Å²) in [7, 11) is 4.34. The Hall–Kier alpha value is -1.88. The van der Waals surface area contributed by atoms with Gasteiger partial charge in [0, 0.05) is 30.5 Å². The third-order valence-electron chi connectivity index (χ3n) is 7.38. The zero-order valence-electron chi connectivity index (χ0n) is 17.8. The highest BCUT2D eigenvalue weighted by Crippen LogP contribution is 2.52. The zero-order valence-corrected chi connectivity index (χ0v) is 17.8. The maximum atomic E-state index is 12.7. The van der Waals surface area contributed by atoms with Gasteiger partial charge in [0.1, 0.15) is 0 Å². The summed E-state index contributed by atoms with van der Waals surface area (Å²) in [5.41, 5.74) is 6.43. The van der Waals surface area contributed by atoms with Gasteiger partial charge in [0.15, 0.2) is 0 Å². The molecule has 1 aromatic rings. The number of amides is 2. The van der Waals surface area contributed by atoms with Crippen LogP contribution < -0.4 is 5.73 Å². The van der Waals surface area contributed by atoms with Crippen LogP contribution in [-0.4, -0.2) is 48.8 Å². The summed E-state index contributed by atoms with van der Waals surface area (Å²) in [6.45, 7) is 5.15. The molecule has 0 radical (unpaired) electrons. The van der Waals surface area contributed by atoms with Crippen molar-refractivity contribution in [3.05, 3.63) is 35.9 Å². The van der Waals surface area contributed by atoms with Crippen LogP contribution >= 0.6 is 0 Å². The molecular weight excluding hydrogens is 350 g/mol. The molecule has 3 rings (SSSR count). The zero-order chi connectivity index (χ0) is 20.6. The molecule has 1 saturated heterocycles. The summed E-state index contributed by atoms with van der Waals surface area (Å²) in [5.74, 6) is -0.0671. The fourth-order valence-corrected chi connectivity index (χ4v) is 4.99. The molecule has 1 heterocycles. The Bertz CT molecular complexity index is 719. The van der Waals surface area contributed by atoms with Crippen LogP contribution in [0.5, 0.6) is 0 Å². The molecule has 2 aliphatic rings. The lowest BCUT2D eigenvalue weighted by Crippen LogP contribution is -2.47. The molecule has 1 spiro atoms. The lowest BCUT2D eigenvalue weighted by Gasteiger charge is -2.49. The molecule has 2 amide bonds. The maximum absolute atomic E-state index is 12.7. The molecule has 1 aromatic carbocycles. The van der Waals surface area contributed by atoms with Gasteiger partial charge in [0.25, 0.3) is 0 Å². The van der Waals surface area contributed by atoms with Crippen LogP contribution in [0.25, 0.3) is 0 Å². The molecule has 0 unspecified atom stereocenters. The molecule has 28 heavy (non-hydrogen) atoms. The smallest absolute Gasteiger partial charge is 0.223 e. The molecule has 2 fully saturated rings. The van der Waals surface area contributed by atoms with Crippen LogP contribution in [0.4, 0.5) is 0 Å². The lowest BCUT2D eigenvalue weighted by atomic mass is 9.64. The van der Waals surface area contributed by atoms with E-state index < -0.39 is 5.41 Å². The van der Waals surface area contributed by atoms with Gasteiger partial charge in [0.05, 0.1) is 0 Å². The summed E-state index contributed by atoms with van der Waals surface area (Å²) < 4.78 is 0. The Morgan fingerprint density at radius 3 is 2.29 bits per heavy atom. The van der Waals surface area contributed by atoms with Crippen LogP contribution in [-0.2, 0) is 15.1 Å². The number of likely N-dealkylation sites (tertiary alicyclic amines) is 1. The molecule has 1 aliphatic carbocycles. The summed E-state index contributed by atoms with van der Waals surface area (Å²) in [6.07, 6.45) is 5.51. The number of carbonyl (C=O) groups is 2. The second-order valence-electron chi connectivity index (χ2n) is 9.78. The normalized spacial score (nSPS) is 28.3. The molecule has 0 atom stereocenters. The van der Waals surface area contributed by atoms with E-state index in [0.29, 0.717) is 19.4 Å². The Morgan fingerprint density at radius 1 is 1.14 bits per heavy atom. The predicted molar refractivity (Wildman–Crippen MR) is 111 cm³/mol. The minimum absolute atomic E-state index is 0.0525. The van der Waals surface area contributed by atoms with Gasteiger partial charge in [-0.25, -0.2) is 0 Å². The van der Waals surface area contributed by atoms with Gasteiger partial charge < -0.3 is 10.6 Å². The average Bonchev–Trinajstić information content (AvgIpc) is 2.96. The second kappa shape index (κ2) is 7.51. The molecule has 5 heteroatoms. The van der Waals surface area contributed by atoms with E-state index in [0.717, 1.165) is 32.2 Å². The number of hydrogen-bond acceptors (Lipinski definition) is 3. The molecule has 0 bridgehead atoms. The summed E-state index contributed by atoms with van der Waals surface area (Å²) in [4.78, 5) is 28.6. The van der Waals surface area contributed by atoms with Gasteiger partial charge in [0.2, 0.25) is 11.8 Å². The standard InChI is InChI=1S/C23H35N3O2/c1-21(2,20(24)28)14-15-26-17-22(16-19(26)27)10-12-23(13-11-22,25(3)4)18-8-6-5-7-9-18/h5-9H,10-17H2,1-4H3,(H2,24,28)/t22-,23-. The first-order chi connectivity index (χ1) is 13.1. The molecule has 154 valence electrons. The number of nitrogens with two attached hydrogens (primary N) is 1. The predicted octanol–water partition coefficient (Wildman–Crippen LogP) is 3.14. The largest absolute Gasteiger partial charge is 0.369 e. The second-order valence-corrected chi connectivity index (χ2v) is 9.78. The highest BCUT2D eigenvalue weighted by Gasteiger charge is 2.50. The molecule has 5 nitrogen and oxygen atoms in total. The minimum Gasteiger partial charge on any atom is -0.369 e. The summed E-state index contributed by atoms with van der Waals surface area (Å²) in [5, 5.41) is 0. The van der Waals surface area contributed by atoms with Crippen LogP contribution in [0.1, 0.15) is 57.9 Å².